The van der Waals surface area contributed by atoms with Crippen molar-refractivity contribution < 1.29 is 5.11 Å². The maximum Gasteiger partial charge on any atom is 0.142 e. The number of nitrogens with zero attached hydrogens (tertiary/aromatic N) is 3. The molecular formula is C19H28N4O. The molecule has 0 bridgehead atoms. The summed E-state index contributed by atoms with van der Waals surface area (Å²) in [6, 6.07) is 2.62. The zero-order chi connectivity index (χ0) is 16.4. The summed E-state index contributed by atoms with van der Waals surface area (Å²) in [6.07, 6.45) is 14.4. The third kappa shape index (κ3) is 3.14. The van der Waals surface area contributed by atoms with Crippen LogP contribution in [0.15, 0.2) is 18.6 Å². The molecule has 2 aliphatic carbocycles. The summed E-state index contributed by atoms with van der Waals surface area (Å²) >= 11 is 0. The lowest BCUT2D eigenvalue weighted by Gasteiger charge is -2.40. The van der Waals surface area contributed by atoms with Crippen LogP contribution in [0.5, 0.6) is 0 Å². The van der Waals surface area contributed by atoms with Gasteiger partial charge in [0.1, 0.15) is 17.8 Å². The molecule has 0 radical (unpaired) electrons. The number of hydrogen-bond donors (Lipinski definition) is 2. The smallest absolute Gasteiger partial charge is 0.142 e. The Kier molecular flexibility index (Phi) is 4.69. The molecule has 24 heavy (non-hydrogen) atoms. The number of hydrogen-bond acceptors (Lipinski definition) is 4. The first-order chi connectivity index (χ1) is 11.8. The second-order valence-corrected chi connectivity index (χ2v) is 7.49. The summed E-state index contributed by atoms with van der Waals surface area (Å²) < 4.78 is 0. The lowest BCUT2D eigenvalue weighted by atomic mass is 9.85. The van der Waals surface area contributed by atoms with Crippen molar-refractivity contribution in [3.63, 3.8) is 0 Å². The molecule has 0 amide bonds. The van der Waals surface area contributed by atoms with Crippen LogP contribution in [0.4, 0.5) is 5.82 Å². The molecule has 0 aromatic carbocycles. The summed E-state index contributed by atoms with van der Waals surface area (Å²) in [5.41, 5.74) is 0.907. The van der Waals surface area contributed by atoms with Crippen LogP contribution in [-0.2, 0) is 0 Å². The molecule has 2 heterocycles. The van der Waals surface area contributed by atoms with Gasteiger partial charge >= 0.3 is 0 Å². The number of aromatic amines is 1. The molecule has 0 spiro atoms. The average molecular weight is 328 g/mol. The number of rotatable bonds is 4. The molecular weight excluding hydrogens is 300 g/mol. The van der Waals surface area contributed by atoms with E-state index in [9.17, 15) is 5.11 Å². The van der Waals surface area contributed by atoms with Crippen LogP contribution >= 0.6 is 0 Å². The van der Waals surface area contributed by atoms with Gasteiger partial charge in [0.05, 0.1) is 11.5 Å². The predicted molar refractivity (Wildman–Crippen MR) is 96.1 cm³/mol. The fourth-order valence-corrected chi connectivity index (χ4v) is 4.54. The van der Waals surface area contributed by atoms with Crippen molar-refractivity contribution in [1.29, 1.82) is 0 Å². The number of aliphatic hydroxyl groups excluding tert-OH is 1. The van der Waals surface area contributed by atoms with Crippen LogP contribution in [0.1, 0.15) is 57.8 Å². The van der Waals surface area contributed by atoms with E-state index in [1.807, 2.05) is 6.20 Å². The zero-order valence-corrected chi connectivity index (χ0v) is 14.3. The number of fused-ring (bicyclic) bond motifs is 1. The van der Waals surface area contributed by atoms with E-state index in [2.05, 4.69) is 25.9 Å². The second-order valence-electron chi connectivity index (χ2n) is 7.49. The minimum Gasteiger partial charge on any atom is -0.393 e. The molecule has 2 N–H and O–H groups in total. The van der Waals surface area contributed by atoms with E-state index in [1.165, 1.54) is 38.5 Å². The lowest BCUT2D eigenvalue weighted by molar-refractivity contribution is 0.0716. The minimum atomic E-state index is -0.159. The van der Waals surface area contributed by atoms with E-state index in [0.717, 1.165) is 42.7 Å². The molecule has 2 fully saturated rings. The predicted octanol–water partition coefficient (Wildman–Crippen LogP) is 3.65. The van der Waals surface area contributed by atoms with Crippen molar-refractivity contribution in [3.05, 3.63) is 18.6 Å². The third-order valence-electron chi connectivity index (χ3n) is 5.92. The number of aliphatic hydroxyl groups is 1. The monoisotopic (exact) mass is 328 g/mol. The molecule has 2 atom stereocenters. The molecule has 5 heteroatoms. The summed E-state index contributed by atoms with van der Waals surface area (Å²) in [5.74, 6) is 1.41. The van der Waals surface area contributed by atoms with Crippen LogP contribution in [0.25, 0.3) is 11.0 Å². The van der Waals surface area contributed by atoms with Gasteiger partial charge in [-0.05, 0) is 31.7 Å². The largest absolute Gasteiger partial charge is 0.393 e. The molecule has 2 aromatic heterocycles. The summed E-state index contributed by atoms with van der Waals surface area (Å²) in [4.78, 5) is 14.7. The summed E-state index contributed by atoms with van der Waals surface area (Å²) in [6.45, 7) is 0.920. The van der Waals surface area contributed by atoms with E-state index < -0.39 is 0 Å². The lowest BCUT2D eigenvalue weighted by Crippen LogP contribution is -2.44. The van der Waals surface area contributed by atoms with Crippen molar-refractivity contribution in [3.8, 4) is 0 Å². The Morgan fingerprint density at radius 3 is 2.67 bits per heavy atom. The van der Waals surface area contributed by atoms with Gasteiger partial charge in [-0.3, -0.25) is 0 Å². The normalized spacial score (nSPS) is 25.9. The standard InChI is InChI=1S/C19H28N4O/c24-17-9-5-4-6-14(17)12-23(15-7-2-1-3-8-15)19-16-10-11-20-18(16)21-13-22-19/h10-11,13-15,17,24H,1-9,12H2,(H,20,21,22)/t14-,17?/m0/s1. The Bertz CT molecular complexity index is 664. The molecule has 0 saturated heterocycles. The van der Waals surface area contributed by atoms with E-state index in [-0.39, 0.29) is 6.10 Å². The highest BCUT2D eigenvalue weighted by Crippen LogP contribution is 2.33. The fraction of sp³-hybridized carbons (Fsp3) is 0.684. The topological polar surface area (TPSA) is 65.0 Å². The summed E-state index contributed by atoms with van der Waals surface area (Å²) in [7, 11) is 0. The van der Waals surface area contributed by atoms with Crippen LogP contribution in [0.3, 0.4) is 0 Å². The van der Waals surface area contributed by atoms with Crippen LogP contribution in [-0.4, -0.2) is 38.7 Å². The van der Waals surface area contributed by atoms with Crippen molar-refractivity contribution in [2.75, 3.05) is 11.4 Å². The second kappa shape index (κ2) is 7.09. The van der Waals surface area contributed by atoms with Gasteiger partial charge < -0.3 is 15.0 Å². The molecule has 130 valence electrons. The number of aromatic nitrogens is 3. The highest BCUT2D eigenvalue weighted by Gasteiger charge is 2.30. The highest BCUT2D eigenvalue weighted by atomic mass is 16.3. The van der Waals surface area contributed by atoms with Gasteiger partial charge in [0.2, 0.25) is 0 Å². The first kappa shape index (κ1) is 15.9. The Hall–Kier alpha value is -1.62. The third-order valence-corrected chi connectivity index (χ3v) is 5.92. The number of nitrogens with one attached hydrogen (secondary N) is 1. The van der Waals surface area contributed by atoms with Gasteiger partial charge in [-0.1, -0.05) is 32.1 Å². The Balaban J connectivity index is 1.65. The van der Waals surface area contributed by atoms with Crippen LogP contribution < -0.4 is 4.90 Å². The van der Waals surface area contributed by atoms with E-state index in [0.29, 0.717) is 12.0 Å². The van der Waals surface area contributed by atoms with Gasteiger partial charge in [0.15, 0.2) is 0 Å². The number of H-pyrrole nitrogens is 1. The minimum absolute atomic E-state index is 0.159. The average Bonchev–Trinajstić information content (AvgIpc) is 3.11. The highest BCUT2D eigenvalue weighted by molar-refractivity contribution is 5.87. The zero-order valence-electron chi connectivity index (χ0n) is 14.3. The molecule has 4 rings (SSSR count). The number of anilines is 1. The van der Waals surface area contributed by atoms with Gasteiger partial charge in [-0.15, -0.1) is 0 Å². The molecule has 2 aromatic rings. The van der Waals surface area contributed by atoms with Crippen molar-refractivity contribution >= 4 is 16.9 Å². The van der Waals surface area contributed by atoms with Gasteiger partial charge in [-0.2, -0.15) is 0 Å². The van der Waals surface area contributed by atoms with Gasteiger partial charge in [0.25, 0.3) is 0 Å². The molecule has 0 aliphatic heterocycles. The Morgan fingerprint density at radius 2 is 1.83 bits per heavy atom. The van der Waals surface area contributed by atoms with Crippen molar-refractivity contribution in [2.24, 2.45) is 5.92 Å². The van der Waals surface area contributed by atoms with E-state index in [4.69, 9.17) is 0 Å². The van der Waals surface area contributed by atoms with Gasteiger partial charge in [-0.25, -0.2) is 9.97 Å². The quantitative estimate of drug-likeness (QED) is 0.899. The van der Waals surface area contributed by atoms with Crippen LogP contribution in [0, 0.1) is 5.92 Å². The molecule has 2 aliphatic rings. The summed E-state index contributed by atoms with van der Waals surface area (Å²) in [5, 5.41) is 11.6. The maximum absolute atomic E-state index is 10.5. The maximum atomic E-state index is 10.5. The fourth-order valence-electron chi connectivity index (χ4n) is 4.54. The van der Waals surface area contributed by atoms with E-state index >= 15 is 0 Å². The Morgan fingerprint density at radius 1 is 1.04 bits per heavy atom. The van der Waals surface area contributed by atoms with E-state index in [1.54, 1.807) is 6.33 Å². The molecule has 2 saturated carbocycles. The first-order valence-electron chi connectivity index (χ1n) is 9.56. The first-order valence-corrected chi connectivity index (χ1v) is 9.56. The molecule has 5 nitrogen and oxygen atoms in total. The Labute approximate surface area is 143 Å². The van der Waals surface area contributed by atoms with Gasteiger partial charge in [0, 0.05) is 24.7 Å². The van der Waals surface area contributed by atoms with Crippen molar-refractivity contribution in [1.82, 2.24) is 15.0 Å². The molecule has 1 unspecified atom stereocenters. The van der Waals surface area contributed by atoms with Crippen molar-refractivity contribution in [2.45, 2.75) is 69.9 Å². The van der Waals surface area contributed by atoms with Crippen LogP contribution in [0.2, 0.25) is 0 Å². The SMILES string of the molecule is OC1CCCC[C@H]1CN(c1ncnc2[nH]ccc12)C1CCCCC1.